The first kappa shape index (κ1) is 18.4. The van der Waals surface area contributed by atoms with Crippen LogP contribution in [0.25, 0.3) is 22.0 Å². The molecule has 0 atom stereocenters. The predicted octanol–water partition coefficient (Wildman–Crippen LogP) is 3.87. The number of aromatic nitrogens is 2. The molecule has 0 saturated carbocycles. The van der Waals surface area contributed by atoms with Gasteiger partial charge in [0.25, 0.3) is 5.91 Å². The molecule has 7 nitrogen and oxygen atoms in total. The molecule has 2 aromatic heterocycles. The van der Waals surface area contributed by atoms with Crippen molar-refractivity contribution in [2.45, 2.75) is 32.6 Å². The Morgan fingerprint density at radius 1 is 1.20 bits per heavy atom. The van der Waals surface area contributed by atoms with Crippen LogP contribution in [0, 0.1) is 6.92 Å². The second-order valence-corrected chi connectivity index (χ2v) is 7.63. The molecule has 0 radical (unpaired) electrons. The van der Waals surface area contributed by atoms with Crippen molar-refractivity contribution >= 4 is 33.9 Å². The number of imidazole rings is 1. The van der Waals surface area contributed by atoms with E-state index in [9.17, 15) is 9.59 Å². The number of hydrogen-bond acceptors (Lipinski definition) is 5. The van der Waals surface area contributed by atoms with Crippen LogP contribution >= 0.6 is 0 Å². The molecule has 0 bridgehead atoms. The van der Waals surface area contributed by atoms with Gasteiger partial charge in [0.1, 0.15) is 11.3 Å². The van der Waals surface area contributed by atoms with Gasteiger partial charge < -0.3 is 14.1 Å². The van der Waals surface area contributed by atoms with E-state index in [0.29, 0.717) is 23.7 Å². The Balaban J connectivity index is 1.42. The summed E-state index contributed by atoms with van der Waals surface area (Å²) in [5.74, 6) is 0.615. The molecule has 0 unspecified atom stereocenters. The molecular formula is C23H21N3O4. The number of hydrogen-bond donors (Lipinski definition) is 2. The van der Waals surface area contributed by atoms with Crippen LogP contribution in [0.1, 0.15) is 29.5 Å². The number of carbonyl (C=O) groups is 1. The summed E-state index contributed by atoms with van der Waals surface area (Å²) in [6, 6.07) is 11.3. The second-order valence-electron chi connectivity index (χ2n) is 7.63. The number of H-pyrrole nitrogens is 1. The van der Waals surface area contributed by atoms with Crippen LogP contribution in [-0.2, 0) is 17.6 Å². The molecule has 1 aliphatic rings. The topological polar surface area (TPSA) is 97.2 Å². The number of benzene rings is 2. The van der Waals surface area contributed by atoms with Crippen molar-refractivity contribution < 1.29 is 13.9 Å². The van der Waals surface area contributed by atoms with Crippen LogP contribution in [-0.4, -0.2) is 22.5 Å². The minimum atomic E-state index is -0.324. The van der Waals surface area contributed by atoms with Crippen molar-refractivity contribution in [2.75, 3.05) is 11.9 Å². The average molecular weight is 403 g/mol. The zero-order valence-corrected chi connectivity index (χ0v) is 16.6. The zero-order chi connectivity index (χ0) is 20.7. The molecule has 30 heavy (non-hydrogen) atoms. The van der Waals surface area contributed by atoms with Crippen LogP contribution in [0.15, 0.2) is 45.6 Å². The third-order valence-corrected chi connectivity index (χ3v) is 5.43. The van der Waals surface area contributed by atoms with E-state index in [1.807, 2.05) is 43.3 Å². The minimum absolute atomic E-state index is 0.177. The molecular weight excluding hydrogens is 382 g/mol. The van der Waals surface area contributed by atoms with Gasteiger partial charge in [0.15, 0.2) is 6.61 Å². The molecule has 0 spiro atoms. The van der Waals surface area contributed by atoms with Gasteiger partial charge in [-0.15, -0.1) is 0 Å². The highest BCUT2D eigenvalue weighted by Gasteiger charge is 2.21. The third kappa shape index (κ3) is 3.32. The summed E-state index contributed by atoms with van der Waals surface area (Å²) in [6.45, 7) is 1.73. The summed E-state index contributed by atoms with van der Waals surface area (Å²) in [4.78, 5) is 32.2. The molecule has 4 aromatic rings. The number of amides is 1. The normalized spacial score (nSPS) is 13.4. The number of aromatic amines is 1. The summed E-state index contributed by atoms with van der Waals surface area (Å²) >= 11 is 0. The SMILES string of the molecule is Cc1cc(OCC(=O)Nc2nc3ccccc3[nH]2)c2c3c(c(=O)oc2c1)CCCC3. The zero-order valence-electron chi connectivity index (χ0n) is 16.6. The Kier molecular flexibility index (Phi) is 4.50. The lowest BCUT2D eigenvalue weighted by molar-refractivity contribution is -0.118. The van der Waals surface area contributed by atoms with Crippen LogP contribution in [0.5, 0.6) is 5.75 Å². The summed E-state index contributed by atoms with van der Waals surface area (Å²) in [5, 5.41) is 3.53. The highest BCUT2D eigenvalue weighted by molar-refractivity contribution is 5.93. The second kappa shape index (κ2) is 7.33. The average Bonchev–Trinajstić information content (AvgIpc) is 3.14. The fraction of sp³-hybridized carbons (Fsp3) is 0.261. The molecule has 5 rings (SSSR count). The molecule has 2 N–H and O–H groups in total. The first-order valence-electron chi connectivity index (χ1n) is 10.0. The van der Waals surface area contributed by atoms with Gasteiger partial charge in [-0.1, -0.05) is 12.1 Å². The Bertz CT molecular complexity index is 1300. The smallest absolute Gasteiger partial charge is 0.339 e. The van der Waals surface area contributed by atoms with Crippen LogP contribution in [0.3, 0.4) is 0 Å². The highest BCUT2D eigenvalue weighted by Crippen LogP contribution is 2.34. The molecule has 2 heterocycles. The molecule has 0 saturated heterocycles. The number of ether oxygens (including phenoxy) is 1. The van der Waals surface area contributed by atoms with Gasteiger partial charge in [-0.25, -0.2) is 9.78 Å². The van der Waals surface area contributed by atoms with E-state index in [2.05, 4.69) is 15.3 Å². The van der Waals surface area contributed by atoms with E-state index < -0.39 is 0 Å². The van der Waals surface area contributed by atoms with Crippen molar-refractivity contribution in [3.05, 3.63) is 63.5 Å². The summed E-state index contributed by atoms with van der Waals surface area (Å²) in [5.41, 5.74) is 4.48. The molecule has 152 valence electrons. The van der Waals surface area contributed by atoms with Crippen molar-refractivity contribution in [2.24, 2.45) is 0 Å². The van der Waals surface area contributed by atoms with Gasteiger partial charge in [0, 0.05) is 5.56 Å². The third-order valence-electron chi connectivity index (χ3n) is 5.43. The monoisotopic (exact) mass is 403 g/mol. The highest BCUT2D eigenvalue weighted by atomic mass is 16.5. The molecule has 1 aliphatic carbocycles. The van der Waals surface area contributed by atoms with Crippen molar-refractivity contribution in [3.63, 3.8) is 0 Å². The Hall–Kier alpha value is -3.61. The van der Waals surface area contributed by atoms with Crippen LogP contribution < -0.4 is 15.7 Å². The maximum Gasteiger partial charge on any atom is 0.339 e. The van der Waals surface area contributed by atoms with Gasteiger partial charge in [-0.3, -0.25) is 10.1 Å². The lowest BCUT2D eigenvalue weighted by Crippen LogP contribution is -2.21. The molecule has 1 amide bonds. The Morgan fingerprint density at radius 3 is 2.83 bits per heavy atom. The quantitative estimate of drug-likeness (QED) is 0.504. The van der Waals surface area contributed by atoms with E-state index in [1.54, 1.807) is 0 Å². The maximum absolute atomic E-state index is 12.5. The summed E-state index contributed by atoms with van der Waals surface area (Å²) in [6.07, 6.45) is 3.52. The molecule has 0 aliphatic heterocycles. The maximum atomic E-state index is 12.5. The summed E-state index contributed by atoms with van der Waals surface area (Å²) in [7, 11) is 0. The van der Waals surface area contributed by atoms with Gasteiger partial charge in [-0.2, -0.15) is 0 Å². The Labute approximate surface area is 172 Å². The first-order chi connectivity index (χ1) is 14.6. The first-order valence-corrected chi connectivity index (χ1v) is 10.0. The standard InChI is InChI=1S/C23H21N3O4/c1-13-10-18(21-14-6-2-3-7-15(14)22(28)30-19(21)11-13)29-12-20(27)26-23-24-16-8-4-5-9-17(16)25-23/h4-5,8-11H,2-3,6-7,12H2,1H3,(H2,24,25,26,27). The van der Waals surface area contributed by atoms with Crippen molar-refractivity contribution in [1.29, 1.82) is 0 Å². The van der Waals surface area contributed by atoms with E-state index >= 15 is 0 Å². The number of para-hydroxylation sites is 2. The van der Waals surface area contributed by atoms with E-state index in [4.69, 9.17) is 9.15 Å². The number of rotatable bonds is 4. The number of nitrogens with zero attached hydrogens (tertiary/aromatic N) is 1. The van der Waals surface area contributed by atoms with Gasteiger partial charge in [0.2, 0.25) is 5.95 Å². The predicted molar refractivity (Wildman–Crippen MR) is 114 cm³/mol. The number of aryl methyl sites for hydroxylation is 2. The number of nitrogens with one attached hydrogen (secondary N) is 2. The number of fused-ring (bicyclic) bond motifs is 4. The van der Waals surface area contributed by atoms with Crippen LogP contribution in [0.2, 0.25) is 0 Å². The van der Waals surface area contributed by atoms with Crippen LogP contribution in [0.4, 0.5) is 5.95 Å². The fourth-order valence-corrected chi connectivity index (χ4v) is 4.10. The number of carbonyl (C=O) groups excluding carboxylic acids is 1. The van der Waals surface area contributed by atoms with E-state index in [-0.39, 0.29) is 18.1 Å². The lowest BCUT2D eigenvalue weighted by Gasteiger charge is -2.18. The molecule has 0 fully saturated rings. The van der Waals surface area contributed by atoms with E-state index in [1.165, 1.54) is 0 Å². The number of anilines is 1. The largest absolute Gasteiger partial charge is 0.483 e. The van der Waals surface area contributed by atoms with Gasteiger partial charge in [-0.05, 0) is 68.0 Å². The van der Waals surface area contributed by atoms with Gasteiger partial charge >= 0.3 is 5.63 Å². The molecule has 7 heteroatoms. The van der Waals surface area contributed by atoms with E-state index in [0.717, 1.165) is 52.4 Å². The van der Waals surface area contributed by atoms with Gasteiger partial charge in [0.05, 0.1) is 16.4 Å². The molecule has 2 aromatic carbocycles. The lowest BCUT2D eigenvalue weighted by atomic mass is 9.90. The fourth-order valence-electron chi connectivity index (χ4n) is 4.10. The minimum Gasteiger partial charge on any atom is -0.483 e. The van der Waals surface area contributed by atoms with Crippen molar-refractivity contribution in [3.8, 4) is 5.75 Å². The Morgan fingerprint density at radius 2 is 2.00 bits per heavy atom. The summed E-state index contributed by atoms with van der Waals surface area (Å²) < 4.78 is 11.5. The van der Waals surface area contributed by atoms with Crippen molar-refractivity contribution in [1.82, 2.24) is 9.97 Å².